The molecule has 4 heteroatoms. The summed E-state index contributed by atoms with van der Waals surface area (Å²) in [5.41, 5.74) is 0. The first-order valence-electron chi connectivity index (χ1n) is 5.84. The molecule has 2 atom stereocenters. The van der Waals surface area contributed by atoms with Crippen molar-refractivity contribution in [2.24, 2.45) is 0 Å². The average Bonchev–Trinajstić information content (AvgIpc) is 2.84. The van der Waals surface area contributed by atoms with Gasteiger partial charge in [0.1, 0.15) is 0 Å². The Labute approximate surface area is 95.1 Å². The van der Waals surface area contributed by atoms with Crippen molar-refractivity contribution in [3.63, 3.8) is 0 Å². The molecule has 0 spiro atoms. The normalized spacial score (nSPS) is 31.7. The Morgan fingerprint density at radius 1 is 1.27 bits per heavy atom. The van der Waals surface area contributed by atoms with E-state index < -0.39 is 0 Å². The summed E-state index contributed by atoms with van der Waals surface area (Å²) < 4.78 is 3.12. The summed E-state index contributed by atoms with van der Waals surface area (Å²) in [6, 6.07) is 1.45. The van der Waals surface area contributed by atoms with Crippen LogP contribution in [0.15, 0.2) is 12.4 Å². The van der Waals surface area contributed by atoms with Crippen LogP contribution in [0.3, 0.4) is 0 Å². The number of aromatic amines is 1. The van der Waals surface area contributed by atoms with Crippen molar-refractivity contribution >= 4 is 12.2 Å². The molecule has 0 bridgehead atoms. The zero-order valence-electron chi connectivity index (χ0n) is 8.85. The summed E-state index contributed by atoms with van der Waals surface area (Å²) in [7, 11) is 0. The lowest BCUT2D eigenvalue weighted by Crippen LogP contribution is -2.38. The Hall–Kier alpha value is -0.610. The zero-order chi connectivity index (χ0) is 10.3. The van der Waals surface area contributed by atoms with E-state index in [9.17, 15) is 0 Å². The molecule has 0 aliphatic carbocycles. The predicted octanol–water partition coefficient (Wildman–Crippen LogP) is 2.34. The van der Waals surface area contributed by atoms with E-state index >= 15 is 0 Å². The Balaban J connectivity index is 1.79. The molecule has 0 amide bonds. The van der Waals surface area contributed by atoms with Crippen LogP contribution in [-0.2, 0) is 0 Å². The molecule has 3 heterocycles. The lowest BCUT2D eigenvalue weighted by atomic mass is 9.97. The molecule has 3 nitrogen and oxygen atoms in total. The Kier molecular flexibility index (Phi) is 2.41. The third kappa shape index (κ3) is 1.66. The van der Waals surface area contributed by atoms with Crippen LogP contribution < -0.4 is 0 Å². The van der Waals surface area contributed by atoms with E-state index in [4.69, 9.17) is 12.2 Å². The fraction of sp³-hybridized carbons (Fsp3) is 0.727. The van der Waals surface area contributed by atoms with E-state index in [0.717, 1.165) is 10.8 Å². The van der Waals surface area contributed by atoms with Crippen LogP contribution in [0.1, 0.15) is 31.7 Å². The second kappa shape index (κ2) is 3.76. The van der Waals surface area contributed by atoms with Crippen LogP contribution >= 0.6 is 12.2 Å². The molecule has 1 aromatic heterocycles. The van der Waals surface area contributed by atoms with Crippen LogP contribution in [0, 0.1) is 4.77 Å². The molecule has 2 fully saturated rings. The maximum Gasteiger partial charge on any atom is 0.177 e. The number of fused-ring (bicyclic) bond motifs is 1. The lowest BCUT2D eigenvalue weighted by Gasteiger charge is -2.35. The Morgan fingerprint density at radius 2 is 2.20 bits per heavy atom. The SMILES string of the molecule is S=c1[nH]ccn1C1CCN2CCCC2C1. The second-order valence-electron chi connectivity index (χ2n) is 4.68. The van der Waals surface area contributed by atoms with Gasteiger partial charge < -0.3 is 14.5 Å². The highest BCUT2D eigenvalue weighted by atomic mass is 32.1. The van der Waals surface area contributed by atoms with Gasteiger partial charge in [0.05, 0.1) is 0 Å². The molecule has 3 rings (SSSR count). The van der Waals surface area contributed by atoms with Gasteiger partial charge >= 0.3 is 0 Å². The van der Waals surface area contributed by atoms with Crippen LogP contribution in [0.5, 0.6) is 0 Å². The van der Waals surface area contributed by atoms with Gasteiger partial charge in [0, 0.05) is 31.0 Å². The van der Waals surface area contributed by atoms with Crippen LogP contribution in [0.4, 0.5) is 0 Å². The topological polar surface area (TPSA) is 24.0 Å². The molecular formula is C11H17N3S. The second-order valence-corrected chi connectivity index (χ2v) is 5.07. The van der Waals surface area contributed by atoms with E-state index in [1.54, 1.807) is 0 Å². The van der Waals surface area contributed by atoms with E-state index in [2.05, 4.69) is 20.6 Å². The highest BCUT2D eigenvalue weighted by Gasteiger charge is 2.32. The molecule has 2 aliphatic heterocycles. The molecule has 0 saturated carbocycles. The molecule has 1 aromatic rings. The van der Waals surface area contributed by atoms with E-state index in [0.29, 0.717) is 6.04 Å². The van der Waals surface area contributed by atoms with Gasteiger partial charge in [0.25, 0.3) is 0 Å². The molecule has 15 heavy (non-hydrogen) atoms. The van der Waals surface area contributed by atoms with E-state index in [1.807, 2.05) is 6.20 Å². The van der Waals surface area contributed by atoms with Crippen molar-refractivity contribution in [2.75, 3.05) is 13.1 Å². The molecule has 1 N–H and O–H groups in total. The number of hydrogen-bond donors (Lipinski definition) is 1. The van der Waals surface area contributed by atoms with Crippen LogP contribution in [0.25, 0.3) is 0 Å². The minimum atomic E-state index is 0.628. The number of aromatic nitrogens is 2. The molecule has 2 unspecified atom stereocenters. The Morgan fingerprint density at radius 3 is 3.00 bits per heavy atom. The van der Waals surface area contributed by atoms with Crippen molar-refractivity contribution in [1.82, 2.24) is 14.5 Å². The molecule has 2 aliphatic rings. The predicted molar refractivity (Wildman–Crippen MR) is 62.5 cm³/mol. The molecule has 0 aromatic carbocycles. The average molecular weight is 223 g/mol. The fourth-order valence-electron chi connectivity index (χ4n) is 3.07. The molecule has 82 valence electrons. The van der Waals surface area contributed by atoms with Gasteiger partial charge in [0.2, 0.25) is 0 Å². The van der Waals surface area contributed by atoms with Gasteiger partial charge in [-0.05, 0) is 44.4 Å². The molecule has 0 radical (unpaired) electrons. The van der Waals surface area contributed by atoms with Crippen molar-refractivity contribution < 1.29 is 0 Å². The van der Waals surface area contributed by atoms with Gasteiger partial charge in [-0.25, -0.2) is 0 Å². The van der Waals surface area contributed by atoms with Crippen molar-refractivity contribution in [3.8, 4) is 0 Å². The number of H-pyrrole nitrogens is 1. The first-order chi connectivity index (χ1) is 7.34. The largest absolute Gasteiger partial charge is 0.337 e. The van der Waals surface area contributed by atoms with Crippen molar-refractivity contribution in [2.45, 2.75) is 37.8 Å². The number of nitrogens with zero attached hydrogens (tertiary/aromatic N) is 2. The number of hydrogen-bond acceptors (Lipinski definition) is 2. The maximum atomic E-state index is 5.28. The Bertz CT molecular complexity index is 395. The summed E-state index contributed by atoms with van der Waals surface area (Å²) in [5, 5.41) is 0. The van der Waals surface area contributed by atoms with Gasteiger partial charge in [-0.3, -0.25) is 0 Å². The van der Waals surface area contributed by atoms with Gasteiger partial charge in [-0.2, -0.15) is 0 Å². The van der Waals surface area contributed by atoms with Gasteiger partial charge in [-0.1, -0.05) is 0 Å². The summed E-state index contributed by atoms with van der Waals surface area (Å²) in [5.74, 6) is 0. The monoisotopic (exact) mass is 223 g/mol. The van der Waals surface area contributed by atoms with E-state index in [-0.39, 0.29) is 0 Å². The third-order valence-electron chi connectivity index (χ3n) is 3.86. The summed E-state index contributed by atoms with van der Waals surface area (Å²) in [4.78, 5) is 5.74. The third-order valence-corrected chi connectivity index (χ3v) is 4.19. The maximum absolute atomic E-state index is 5.28. The standard InChI is InChI=1S/C11H17N3S/c15-11-12-4-7-14(11)10-3-6-13-5-1-2-9(13)8-10/h4,7,9-10H,1-3,5-6,8H2,(H,12,15). The number of rotatable bonds is 1. The van der Waals surface area contributed by atoms with Crippen molar-refractivity contribution in [3.05, 3.63) is 17.2 Å². The number of nitrogens with one attached hydrogen (secondary N) is 1. The summed E-state index contributed by atoms with van der Waals surface area (Å²) >= 11 is 5.28. The minimum absolute atomic E-state index is 0.628. The molecular weight excluding hydrogens is 206 g/mol. The van der Waals surface area contributed by atoms with Gasteiger partial charge in [0.15, 0.2) is 4.77 Å². The quantitative estimate of drug-likeness (QED) is 0.739. The summed E-state index contributed by atoms with van der Waals surface area (Å²) in [6.07, 6.45) is 9.35. The fourth-order valence-corrected chi connectivity index (χ4v) is 3.35. The minimum Gasteiger partial charge on any atom is -0.337 e. The van der Waals surface area contributed by atoms with E-state index in [1.165, 1.54) is 38.8 Å². The van der Waals surface area contributed by atoms with Crippen LogP contribution in [-0.4, -0.2) is 33.6 Å². The summed E-state index contributed by atoms with van der Waals surface area (Å²) in [6.45, 7) is 2.57. The van der Waals surface area contributed by atoms with Gasteiger partial charge in [-0.15, -0.1) is 0 Å². The first-order valence-corrected chi connectivity index (χ1v) is 6.25. The highest BCUT2D eigenvalue weighted by molar-refractivity contribution is 7.71. The highest BCUT2D eigenvalue weighted by Crippen LogP contribution is 2.32. The zero-order valence-corrected chi connectivity index (χ0v) is 9.67. The first kappa shape index (κ1) is 9.60. The van der Waals surface area contributed by atoms with Crippen LogP contribution in [0.2, 0.25) is 0 Å². The smallest absolute Gasteiger partial charge is 0.177 e. The lowest BCUT2D eigenvalue weighted by molar-refractivity contribution is 0.155. The van der Waals surface area contributed by atoms with Crippen molar-refractivity contribution in [1.29, 1.82) is 0 Å². The number of piperidine rings is 1. The molecule has 2 saturated heterocycles. The number of imidazole rings is 1.